The number of nitrogens with two attached hydrogens (primary N) is 1. The quantitative estimate of drug-likeness (QED) is 0.674. The van der Waals surface area contributed by atoms with Crippen LogP contribution in [0.3, 0.4) is 0 Å². The molecular weight excluding hydrogens is 171 g/mol. The molecule has 70 valence electrons. The number of para-hydroxylation sites is 1. The minimum absolute atomic E-state index is 0.103. The number of carbonyl (C=O) groups is 1. The van der Waals surface area contributed by atoms with E-state index in [0.717, 1.165) is 0 Å². The molecule has 0 aliphatic heterocycles. The van der Waals surface area contributed by atoms with E-state index in [1.54, 1.807) is 6.92 Å². The van der Waals surface area contributed by atoms with Crippen LogP contribution in [0.2, 0.25) is 0 Å². The molecule has 0 radical (unpaired) electrons. The first-order valence-electron chi connectivity index (χ1n) is 3.99. The highest BCUT2D eigenvalue weighted by Crippen LogP contribution is 2.15. The normalized spacial score (nSPS) is 9.69. The van der Waals surface area contributed by atoms with Crippen molar-refractivity contribution in [3.63, 3.8) is 0 Å². The maximum atomic E-state index is 12.9. The molecule has 0 unspecified atom stereocenters. The van der Waals surface area contributed by atoms with Crippen LogP contribution in [0.5, 0.6) is 0 Å². The summed E-state index contributed by atoms with van der Waals surface area (Å²) in [6.45, 7) is 2.28. The van der Waals surface area contributed by atoms with E-state index in [9.17, 15) is 9.18 Å². The van der Waals surface area contributed by atoms with Crippen LogP contribution in [0.15, 0.2) is 18.2 Å². The predicted octanol–water partition coefficient (Wildman–Crippen LogP) is 1.16. The van der Waals surface area contributed by atoms with Crippen LogP contribution in [0.1, 0.15) is 17.3 Å². The Balaban J connectivity index is 3.01. The molecule has 0 bridgehead atoms. The monoisotopic (exact) mass is 182 g/mol. The minimum atomic E-state index is -0.566. The molecule has 0 fully saturated rings. The number of hydrogen-bond donors (Lipinski definition) is 2. The van der Waals surface area contributed by atoms with Crippen molar-refractivity contribution in [2.45, 2.75) is 6.92 Å². The number of anilines is 1. The van der Waals surface area contributed by atoms with Gasteiger partial charge in [0.1, 0.15) is 5.82 Å². The Kier molecular flexibility index (Phi) is 2.84. The average Bonchev–Trinajstić information content (AvgIpc) is 2.10. The number of nitrogens with one attached hydrogen (secondary N) is 1. The van der Waals surface area contributed by atoms with Gasteiger partial charge in [0.2, 0.25) is 0 Å². The van der Waals surface area contributed by atoms with Crippen LogP contribution in [-0.4, -0.2) is 12.5 Å². The second-order valence-corrected chi connectivity index (χ2v) is 2.56. The van der Waals surface area contributed by atoms with Gasteiger partial charge in [-0.15, -0.1) is 0 Å². The van der Waals surface area contributed by atoms with Gasteiger partial charge in [-0.1, -0.05) is 6.07 Å². The van der Waals surface area contributed by atoms with Gasteiger partial charge in [-0.2, -0.15) is 0 Å². The number of halogens is 1. The van der Waals surface area contributed by atoms with Crippen molar-refractivity contribution in [2.24, 2.45) is 0 Å². The Morgan fingerprint density at radius 2 is 2.31 bits per heavy atom. The molecule has 0 aliphatic rings. The Labute approximate surface area is 75.7 Å². The van der Waals surface area contributed by atoms with Gasteiger partial charge in [0.05, 0.1) is 11.3 Å². The molecular formula is C9H11FN2O. The molecule has 3 nitrogen and oxygen atoms in total. The van der Waals surface area contributed by atoms with Crippen molar-refractivity contribution < 1.29 is 9.18 Å². The molecule has 1 amide bonds. The molecule has 0 saturated heterocycles. The van der Waals surface area contributed by atoms with E-state index in [2.05, 4.69) is 5.32 Å². The van der Waals surface area contributed by atoms with Gasteiger partial charge < -0.3 is 11.1 Å². The number of amides is 1. The smallest absolute Gasteiger partial charge is 0.253 e. The fourth-order valence-corrected chi connectivity index (χ4v) is 0.991. The van der Waals surface area contributed by atoms with Gasteiger partial charge in [0.15, 0.2) is 0 Å². The van der Waals surface area contributed by atoms with Crippen LogP contribution in [0.25, 0.3) is 0 Å². The Morgan fingerprint density at radius 1 is 1.62 bits per heavy atom. The summed E-state index contributed by atoms with van der Waals surface area (Å²) in [6.07, 6.45) is 0. The van der Waals surface area contributed by atoms with Crippen molar-refractivity contribution >= 4 is 11.6 Å². The van der Waals surface area contributed by atoms with Crippen molar-refractivity contribution in [3.05, 3.63) is 29.6 Å². The summed E-state index contributed by atoms with van der Waals surface area (Å²) < 4.78 is 12.9. The van der Waals surface area contributed by atoms with E-state index >= 15 is 0 Å². The third-order valence-corrected chi connectivity index (χ3v) is 1.63. The molecule has 1 aromatic carbocycles. The summed E-state index contributed by atoms with van der Waals surface area (Å²) in [4.78, 5) is 11.3. The molecule has 3 N–H and O–H groups in total. The van der Waals surface area contributed by atoms with E-state index in [1.807, 2.05) is 0 Å². The van der Waals surface area contributed by atoms with E-state index in [1.165, 1.54) is 18.2 Å². The van der Waals surface area contributed by atoms with Crippen LogP contribution in [0, 0.1) is 5.82 Å². The zero-order valence-corrected chi connectivity index (χ0v) is 7.30. The summed E-state index contributed by atoms with van der Waals surface area (Å²) in [7, 11) is 0. The Bertz CT molecular complexity index is 325. The van der Waals surface area contributed by atoms with Crippen molar-refractivity contribution in [1.29, 1.82) is 0 Å². The number of rotatable bonds is 2. The second kappa shape index (κ2) is 3.89. The average molecular weight is 182 g/mol. The molecule has 1 aromatic rings. The number of nitrogen functional groups attached to an aromatic ring is 1. The fraction of sp³-hybridized carbons (Fsp3) is 0.222. The zero-order chi connectivity index (χ0) is 9.84. The highest BCUT2D eigenvalue weighted by Gasteiger charge is 2.10. The van der Waals surface area contributed by atoms with Crippen molar-refractivity contribution in [3.8, 4) is 0 Å². The standard InChI is InChI=1S/C9H11FN2O/c1-2-12-9(13)6-4-3-5-7(10)8(6)11/h3-5H,2,11H2,1H3,(H,12,13). The van der Waals surface area contributed by atoms with E-state index < -0.39 is 5.82 Å². The zero-order valence-electron chi connectivity index (χ0n) is 7.30. The first-order chi connectivity index (χ1) is 6.16. The highest BCUT2D eigenvalue weighted by molar-refractivity contribution is 5.99. The number of benzene rings is 1. The maximum Gasteiger partial charge on any atom is 0.253 e. The molecule has 13 heavy (non-hydrogen) atoms. The van der Waals surface area contributed by atoms with Crippen molar-refractivity contribution in [1.82, 2.24) is 5.32 Å². The number of hydrogen-bond acceptors (Lipinski definition) is 2. The van der Waals surface area contributed by atoms with Gasteiger partial charge >= 0.3 is 0 Å². The van der Waals surface area contributed by atoms with E-state index in [4.69, 9.17) is 5.73 Å². The van der Waals surface area contributed by atoms with Gasteiger partial charge in [0.25, 0.3) is 5.91 Å². The SMILES string of the molecule is CCNC(=O)c1cccc(F)c1N. The summed E-state index contributed by atoms with van der Waals surface area (Å²) in [5.74, 6) is -0.914. The van der Waals surface area contributed by atoms with Gasteiger partial charge in [0, 0.05) is 6.54 Å². The van der Waals surface area contributed by atoms with Crippen molar-refractivity contribution in [2.75, 3.05) is 12.3 Å². The lowest BCUT2D eigenvalue weighted by Crippen LogP contribution is -2.23. The first-order valence-corrected chi connectivity index (χ1v) is 3.99. The molecule has 0 aliphatic carbocycles. The lowest BCUT2D eigenvalue weighted by Gasteiger charge is -2.05. The third-order valence-electron chi connectivity index (χ3n) is 1.63. The second-order valence-electron chi connectivity index (χ2n) is 2.56. The summed E-state index contributed by atoms with van der Waals surface area (Å²) in [6, 6.07) is 4.16. The van der Waals surface area contributed by atoms with Gasteiger partial charge in [-0.3, -0.25) is 4.79 Å². The van der Waals surface area contributed by atoms with E-state index in [0.29, 0.717) is 6.54 Å². The summed E-state index contributed by atoms with van der Waals surface area (Å²) >= 11 is 0. The van der Waals surface area contributed by atoms with Crippen LogP contribution < -0.4 is 11.1 Å². The molecule has 4 heteroatoms. The van der Waals surface area contributed by atoms with Crippen LogP contribution in [-0.2, 0) is 0 Å². The van der Waals surface area contributed by atoms with Gasteiger partial charge in [-0.05, 0) is 19.1 Å². The lowest BCUT2D eigenvalue weighted by molar-refractivity contribution is 0.0956. The fourth-order valence-electron chi connectivity index (χ4n) is 0.991. The van der Waals surface area contributed by atoms with E-state index in [-0.39, 0.29) is 17.2 Å². The number of carbonyl (C=O) groups excluding carboxylic acids is 1. The largest absolute Gasteiger partial charge is 0.396 e. The summed E-state index contributed by atoms with van der Waals surface area (Å²) in [5.41, 5.74) is 5.46. The maximum absolute atomic E-state index is 12.9. The summed E-state index contributed by atoms with van der Waals surface area (Å²) in [5, 5.41) is 2.54. The molecule has 1 rings (SSSR count). The van der Waals surface area contributed by atoms with Crippen LogP contribution >= 0.6 is 0 Å². The first kappa shape index (κ1) is 9.51. The Hall–Kier alpha value is -1.58. The van der Waals surface area contributed by atoms with Gasteiger partial charge in [-0.25, -0.2) is 4.39 Å². The molecule has 0 atom stereocenters. The molecule has 0 aromatic heterocycles. The van der Waals surface area contributed by atoms with Crippen LogP contribution in [0.4, 0.5) is 10.1 Å². The molecule has 0 saturated carbocycles. The predicted molar refractivity (Wildman–Crippen MR) is 48.8 cm³/mol. The molecule has 0 heterocycles. The highest BCUT2D eigenvalue weighted by atomic mass is 19.1. The third kappa shape index (κ3) is 1.96. The lowest BCUT2D eigenvalue weighted by atomic mass is 10.1. The topological polar surface area (TPSA) is 55.1 Å². The minimum Gasteiger partial charge on any atom is -0.396 e. The Morgan fingerprint density at radius 3 is 2.92 bits per heavy atom. The molecule has 0 spiro atoms.